The standard InChI is InChI=1S/C11H14O2S/c1-7-5-9(8(2)14-7)6-11(3-4-11)10(12)13/h5H,3-4,6H2,1-2H3,(H,12,13). The lowest BCUT2D eigenvalue weighted by molar-refractivity contribution is -0.143. The number of hydrogen-bond donors (Lipinski definition) is 1. The van der Waals surface area contributed by atoms with E-state index in [1.807, 2.05) is 0 Å². The SMILES string of the molecule is Cc1cc(CC2(C(=O)O)CC2)c(C)s1. The average Bonchev–Trinajstić information content (AvgIpc) is 2.77. The van der Waals surface area contributed by atoms with Crippen LogP contribution in [-0.2, 0) is 11.2 Å². The largest absolute Gasteiger partial charge is 0.481 e. The monoisotopic (exact) mass is 210 g/mol. The lowest BCUT2D eigenvalue weighted by Gasteiger charge is -2.08. The third-order valence-electron chi connectivity index (χ3n) is 2.98. The van der Waals surface area contributed by atoms with Crippen LogP contribution in [0.4, 0.5) is 0 Å². The van der Waals surface area contributed by atoms with Gasteiger partial charge in [-0.3, -0.25) is 4.79 Å². The van der Waals surface area contributed by atoms with Crippen LogP contribution in [0.1, 0.15) is 28.2 Å². The van der Waals surface area contributed by atoms with Crippen LogP contribution >= 0.6 is 11.3 Å². The molecule has 0 amide bonds. The summed E-state index contributed by atoms with van der Waals surface area (Å²) in [5.41, 5.74) is 0.811. The Hall–Kier alpha value is -0.830. The predicted molar refractivity (Wildman–Crippen MR) is 56.8 cm³/mol. The smallest absolute Gasteiger partial charge is 0.309 e. The molecule has 2 rings (SSSR count). The van der Waals surface area contributed by atoms with E-state index in [-0.39, 0.29) is 0 Å². The molecule has 1 aliphatic rings. The van der Waals surface area contributed by atoms with Crippen LogP contribution in [0.5, 0.6) is 0 Å². The molecule has 0 spiro atoms. The van der Waals surface area contributed by atoms with Crippen molar-refractivity contribution in [2.75, 3.05) is 0 Å². The van der Waals surface area contributed by atoms with Gasteiger partial charge in [-0.25, -0.2) is 0 Å². The van der Waals surface area contributed by atoms with Gasteiger partial charge in [0.2, 0.25) is 0 Å². The molecule has 0 bridgehead atoms. The molecule has 0 unspecified atom stereocenters. The molecule has 0 atom stereocenters. The third kappa shape index (κ3) is 1.57. The summed E-state index contributed by atoms with van der Waals surface area (Å²) < 4.78 is 0. The Balaban J connectivity index is 2.19. The van der Waals surface area contributed by atoms with Crippen LogP contribution < -0.4 is 0 Å². The van der Waals surface area contributed by atoms with Crippen LogP contribution in [0.3, 0.4) is 0 Å². The number of hydrogen-bond acceptors (Lipinski definition) is 2. The number of carboxylic acids is 1. The molecule has 1 aliphatic carbocycles. The van der Waals surface area contributed by atoms with Gasteiger partial charge in [0.05, 0.1) is 5.41 Å². The van der Waals surface area contributed by atoms with Gasteiger partial charge in [-0.1, -0.05) is 0 Å². The lowest BCUT2D eigenvalue weighted by atomic mass is 9.97. The lowest BCUT2D eigenvalue weighted by Crippen LogP contribution is -2.17. The third-order valence-corrected chi connectivity index (χ3v) is 3.99. The van der Waals surface area contributed by atoms with E-state index in [0.29, 0.717) is 0 Å². The van der Waals surface area contributed by atoms with Gasteiger partial charge >= 0.3 is 5.97 Å². The number of carboxylic acid groups (broad SMARTS) is 1. The Bertz CT molecular complexity index is 375. The van der Waals surface area contributed by atoms with Gasteiger partial charge < -0.3 is 5.11 Å². The Morgan fingerprint density at radius 2 is 2.21 bits per heavy atom. The summed E-state index contributed by atoms with van der Waals surface area (Å²) in [4.78, 5) is 13.6. The van der Waals surface area contributed by atoms with E-state index >= 15 is 0 Å². The fourth-order valence-corrected chi connectivity index (χ4v) is 2.79. The molecular formula is C11H14O2S. The molecule has 0 radical (unpaired) electrons. The van der Waals surface area contributed by atoms with Crippen molar-refractivity contribution in [3.8, 4) is 0 Å². The minimum atomic E-state index is -0.624. The molecule has 2 nitrogen and oxygen atoms in total. The van der Waals surface area contributed by atoms with Crippen LogP contribution in [0.15, 0.2) is 6.07 Å². The molecule has 1 aromatic rings. The van der Waals surface area contributed by atoms with E-state index in [1.54, 1.807) is 11.3 Å². The van der Waals surface area contributed by atoms with E-state index in [9.17, 15) is 4.79 Å². The Labute approximate surface area is 87.6 Å². The second kappa shape index (κ2) is 3.09. The van der Waals surface area contributed by atoms with Crippen LogP contribution in [0.2, 0.25) is 0 Å². The zero-order valence-electron chi connectivity index (χ0n) is 8.46. The van der Waals surface area contributed by atoms with Crippen molar-refractivity contribution in [2.24, 2.45) is 5.41 Å². The van der Waals surface area contributed by atoms with Gasteiger partial charge in [0.25, 0.3) is 0 Å². The number of rotatable bonds is 3. The summed E-state index contributed by atoms with van der Waals surface area (Å²) in [5, 5.41) is 9.07. The van der Waals surface area contributed by atoms with Crippen LogP contribution in [0.25, 0.3) is 0 Å². The Morgan fingerprint density at radius 3 is 2.57 bits per heavy atom. The molecule has 0 saturated heterocycles. The molecule has 3 heteroatoms. The maximum absolute atomic E-state index is 11.0. The molecular weight excluding hydrogens is 196 g/mol. The highest BCUT2D eigenvalue weighted by molar-refractivity contribution is 7.12. The van der Waals surface area contributed by atoms with Crippen molar-refractivity contribution in [1.82, 2.24) is 0 Å². The predicted octanol–water partition coefficient (Wildman–Crippen LogP) is 2.77. The van der Waals surface area contributed by atoms with Gasteiger partial charge in [0.15, 0.2) is 0 Å². The minimum absolute atomic E-state index is 0.418. The highest BCUT2D eigenvalue weighted by Gasteiger charge is 2.50. The first-order valence-electron chi connectivity index (χ1n) is 4.83. The molecule has 1 saturated carbocycles. The highest BCUT2D eigenvalue weighted by Crippen LogP contribution is 2.49. The normalized spacial score (nSPS) is 18.1. The van der Waals surface area contributed by atoms with Crippen molar-refractivity contribution in [2.45, 2.75) is 33.1 Å². The summed E-state index contributed by atoms with van der Waals surface area (Å²) in [6.45, 7) is 4.15. The topological polar surface area (TPSA) is 37.3 Å². The second-order valence-electron chi connectivity index (χ2n) is 4.20. The second-order valence-corrected chi connectivity index (χ2v) is 5.66. The van der Waals surface area contributed by atoms with E-state index in [0.717, 1.165) is 19.3 Å². The van der Waals surface area contributed by atoms with Gasteiger partial charge in [-0.05, 0) is 44.7 Å². The molecule has 1 heterocycles. The first-order valence-corrected chi connectivity index (χ1v) is 5.64. The van der Waals surface area contributed by atoms with Crippen LogP contribution in [-0.4, -0.2) is 11.1 Å². The molecule has 76 valence electrons. The summed E-state index contributed by atoms with van der Waals surface area (Å²) in [7, 11) is 0. The van der Waals surface area contributed by atoms with Crippen LogP contribution in [0, 0.1) is 19.3 Å². The summed E-state index contributed by atoms with van der Waals surface area (Å²) in [6, 6.07) is 2.13. The first kappa shape index (κ1) is 9.71. The fraction of sp³-hybridized carbons (Fsp3) is 0.545. The van der Waals surface area contributed by atoms with E-state index in [4.69, 9.17) is 5.11 Å². The van der Waals surface area contributed by atoms with E-state index < -0.39 is 11.4 Å². The fourth-order valence-electron chi connectivity index (χ4n) is 1.84. The molecule has 1 fully saturated rings. The zero-order valence-corrected chi connectivity index (χ0v) is 9.28. The highest BCUT2D eigenvalue weighted by atomic mass is 32.1. The Kier molecular flexibility index (Phi) is 2.14. The maximum Gasteiger partial charge on any atom is 0.309 e. The number of carbonyl (C=O) groups is 1. The molecule has 0 aliphatic heterocycles. The van der Waals surface area contributed by atoms with Crippen molar-refractivity contribution in [1.29, 1.82) is 0 Å². The van der Waals surface area contributed by atoms with Gasteiger partial charge in [-0.15, -0.1) is 11.3 Å². The molecule has 14 heavy (non-hydrogen) atoms. The summed E-state index contributed by atoms with van der Waals surface area (Å²) >= 11 is 1.76. The molecule has 0 aromatic carbocycles. The van der Waals surface area contributed by atoms with Crippen molar-refractivity contribution >= 4 is 17.3 Å². The van der Waals surface area contributed by atoms with Gasteiger partial charge in [0, 0.05) is 9.75 Å². The van der Waals surface area contributed by atoms with Crippen molar-refractivity contribution < 1.29 is 9.90 Å². The number of thiophene rings is 1. The number of aliphatic carboxylic acids is 1. The quantitative estimate of drug-likeness (QED) is 0.833. The maximum atomic E-state index is 11.0. The summed E-state index contributed by atoms with van der Waals surface area (Å²) in [6.07, 6.45) is 2.41. The average molecular weight is 210 g/mol. The zero-order chi connectivity index (χ0) is 10.3. The first-order chi connectivity index (χ1) is 6.53. The Morgan fingerprint density at radius 1 is 1.57 bits per heavy atom. The van der Waals surface area contributed by atoms with Crippen molar-refractivity contribution in [3.63, 3.8) is 0 Å². The number of aryl methyl sites for hydroxylation is 2. The van der Waals surface area contributed by atoms with E-state index in [2.05, 4.69) is 19.9 Å². The summed E-state index contributed by atoms with van der Waals surface area (Å²) in [5.74, 6) is -0.624. The van der Waals surface area contributed by atoms with Gasteiger partial charge in [0.1, 0.15) is 0 Å². The molecule has 1 aromatic heterocycles. The minimum Gasteiger partial charge on any atom is -0.481 e. The van der Waals surface area contributed by atoms with E-state index in [1.165, 1.54) is 15.3 Å². The van der Waals surface area contributed by atoms with Gasteiger partial charge in [-0.2, -0.15) is 0 Å². The molecule has 1 N–H and O–H groups in total. The van der Waals surface area contributed by atoms with Crippen molar-refractivity contribution in [3.05, 3.63) is 21.4 Å².